The Bertz CT molecular complexity index is 245. The molecule has 0 fully saturated rings. The minimum atomic E-state index is -0.220. The lowest BCUT2D eigenvalue weighted by molar-refractivity contribution is -0.140. The Kier molecular flexibility index (Phi) is 4.16. The van der Waals surface area contributed by atoms with Gasteiger partial charge in [-0.1, -0.05) is 0 Å². The molecule has 4 nitrogen and oxygen atoms in total. The van der Waals surface area contributed by atoms with Gasteiger partial charge in [-0.25, -0.2) is 0 Å². The number of carbonyl (C=O) groups excluding carboxylic acids is 2. The number of hydrogen-bond acceptors (Lipinski definition) is 4. The Morgan fingerprint density at radius 1 is 1.71 bits per heavy atom. The maximum atomic E-state index is 11.0. The zero-order chi connectivity index (χ0) is 10.4. The lowest BCUT2D eigenvalue weighted by Gasteiger charge is -2.17. The van der Waals surface area contributed by atoms with Gasteiger partial charge in [0.15, 0.2) is 5.78 Å². The third-order valence-corrected chi connectivity index (χ3v) is 2.09. The first-order chi connectivity index (χ1) is 6.72. The SMILES string of the molecule is COC(=O)CCCC1CC(=O)C=CO1. The van der Waals surface area contributed by atoms with E-state index in [0.29, 0.717) is 25.7 Å². The zero-order valence-electron chi connectivity index (χ0n) is 8.19. The molecule has 0 N–H and O–H groups in total. The van der Waals surface area contributed by atoms with Gasteiger partial charge in [0.25, 0.3) is 0 Å². The number of methoxy groups -OCH3 is 1. The second-order valence-electron chi connectivity index (χ2n) is 3.20. The molecule has 0 radical (unpaired) electrons. The average Bonchev–Trinajstić information content (AvgIpc) is 2.17. The Hall–Kier alpha value is -1.32. The molecule has 4 heteroatoms. The number of allylic oxidation sites excluding steroid dienone is 1. The van der Waals surface area contributed by atoms with E-state index in [1.807, 2.05) is 0 Å². The van der Waals surface area contributed by atoms with Gasteiger partial charge in [-0.2, -0.15) is 0 Å². The fourth-order valence-electron chi connectivity index (χ4n) is 1.31. The summed E-state index contributed by atoms with van der Waals surface area (Å²) >= 11 is 0. The van der Waals surface area contributed by atoms with Gasteiger partial charge in [-0.05, 0) is 12.8 Å². The molecule has 14 heavy (non-hydrogen) atoms. The Balaban J connectivity index is 2.16. The van der Waals surface area contributed by atoms with Gasteiger partial charge >= 0.3 is 5.97 Å². The van der Waals surface area contributed by atoms with E-state index in [9.17, 15) is 9.59 Å². The topological polar surface area (TPSA) is 52.6 Å². The lowest BCUT2D eigenvalue weighted by Crippen LogP contribution is -2.18. The van der Waals surface area contributed by atoms with Crippen LogP contribution in [0.1, 0.15) is 25.7 Å². The maximum Gasteiger partial charge on any atom is 0.305 e. The standard InChI is InChI=1S/C10H14O4/c1-13-10(12)4-2-3-9-7-8(11)5-6-14-9/h5-6,9H,2-4,7H2,1H3. The molecule has 0 bridgehead atoms. The van der Waals surface area contributed by atoms with Gasteiger partial charge in [0, 0.05) is 18.9 Å². The van der Waals surface area contributed by atoms with Gasteiger partial charge < -0.3 is 9.47 Å². The zero-order valence-corrected chi connectivity index (χ0v) is 8.19. The molecule has 0 amide bonds. The fourth-order valence-corrected chi connectivity index (χ4v) is 1.31. The predicted molar refractivity (Wildman–Crippen MR) is 49.5 cm³/mol. The van der Waals surface area contributed by atoms with Crippen LogP contribution in [-0.4, -0.2) is 25.0 Å². The van der Waals surface area contributed by atoms with Crippen LogP contribution in [0.25, 0.3) is 0 Å². The summed E-state index contributed by atoms with van der Waals surface area (Å²) in [4.78, 5) is 21.7. The Morgan fingerprint density at radius 3 is 3.14 bits per heavy atom. The second-order valence-corrected chi connectivity index (χ2v) is 3.20. The summed E-state index contributed by atoms with van der Waals surface area (Å²) < 4.78 is 9.71. The van der Waals surface area contributed by atoms with Gasteiger partial charge in [0.1, 0.15) is 6.10 Å². The second kappa shape index (κ2) is 5.42. The van der Waals surface area contributed by atoms with Crippen molar-refractivity contribution in [1.82, 2.24) is 0 Å². The minimum absolute atomic E-state index is 0.0721. The molecule has 0 aliphatic carbocycles. The van der Waals surface area contributed by atoms with Crippen molar-refractivity contribution >= 4 is 11.8 Å². The molecule has 0 spiro atoms. The van der Waals surface area contributed by atoms with Crippen LogP contribution in [0.3, 0.4) is 0 Å². The molecule has 0 saturated carbocycles. The third-order valence-electron chi connectivity index (χ3n) is 2.09. The van der Waals surface area contributed by atoms with E-state index in [0.717, 1.165) is 0 Å². The molecule has 1 aliphatic heterocycles. The smallest absolute Gasteiger partial charge is 0.305 e. The Labute approximate surface area is 82.9 Å². The molecule has 78 valence electrons. The highest BCUT2D eigenvalue weighted by molar-refractivity contribution is 5.90. The molecule has 1 aliphatic rings. The van der Waals surface area contributed by atoms with Gasteiger partial charge in [0.05, 0.1) is 13.4 Å². The number of hydrogen-bond donors (Lipinski definition) is 0. The first kappa shape index (κ1) is 10.8. The summed E-state index contributed by atoms with van der Waals surface area (Å²) in [6.07, 6.45) is 4.98. The average molecular weight is 198 g/mol. The third kappa shape index (κ3) is 3.60. The monoisotopic (exact) mass is 198 g/mol. The molecule has 1 rings (SSSR count). The van der Waals surface area contributed by atoms with Crippen molar-refractivity contribution in [2.75, 3.05) is 7.11 Å². The summed E-state index contributed by atoms with van der Waals surface area (Å²) in [6.45, 7) is 0. The van der Waals surface area contributed by atoms with E-state index in [2.05, 4.69) is 4.74 Å². The minimum Gasteiger partial charge on any atom is -0.497 e. The molecule has 1 unspecified atom stereocenters. The molecular formula is C10H14O4. The van der Waals surface area contributed by atoms with Crippen LogP contribution in [0.4, 0.5) is 0 Å². The van der Waals surface area contributed by atoms with Crippen molar-refractivity contribution in [3.63, 3.8) is 0 Å². The molecule has 1 heterocycles. The van der Waals surface area contributed by atoms with E-state index >= 15 is 0 Å². The number of ether oxygens (including phenoxy) is 2. The molecular weight excluding hydrogens is 184 g/mol. The number of rotatable bonds is 4. The van der Waals surface area contributed by atoms with E-state index in [-0.39, 0.29) is 17.9 Å². The highest BCUT2D eigenvalue weighted by Crippen LogP contribution is 2.14. The molecule has 0 saturated heterocycles. The Morgan fingerprint density at radius 2 is 2.50 bits per heavy atom. The molecule has 1 atom stereocenters. The van der Waals surface area contributed by atoms with Crippen LogP contribution in [0.15, 0.2) is 12.3 Å². The lowest BCUT2D eigenvalue weighted by atomic mass is 10.1. The summed E-state index contributed by atoms with van der Waals surface area (Å²) in [5, 5.41) is 0. The number of ketones is 1. The van der Waals surface area contributed by atoms with Crippen LogP contribution in [0, 0.1) is 0 Å². The van der Waals surface area contributed by atoms with Crippen LogP contribution in [-0.2, 0) is 19.1 Å². The fraction of sp³-hybridized carbons (Fsp3) is 0.600. The van der Waals surface area contributed by atoms with E-state index in [4.69, 9.17) is 4.74 Å². The van der Waals surface area contributed by atoms with Crippen molar-refractivity contribution < 1.29 is 19.1 Å². The summed E-state index contributed by atoms with van der Waals surface area (Å²) in [5.74, 6) is -0.137. The van der Waals surface area contributed by atoms with E-state index in [1.165, 1.54) is 19.4 Å². The van der Waals surface area contributed by atoms with Gasteiger partial charge in [-0.15, -0.1) is 0 Å². The van der Waals surface area contributed by atoms with Crippen molar-refractivity contribution in [3.8, 4) is 0 Å². The van der Waals surface area contributed by atoms with Crippen LogP contribution in [0.2, 0.25) is 0 Å². The highest BCUT2D eigenvalue weighted by atomic mass is 16.5. The highest BCUT2D eigenvalue weighted by Gasteiger charge is 2.16. The van der Waals surface area contributed by atoms with Crippen molar-refractivity contribution in [2.24, 2.45) is 0 Å². The van der Waals surface area contributed by atoms with Crippen LogP contribution in [0.5, 0.6) is 0 Å². The molecule has 0 aromatic carbocycles. The van der Waals surface area contributed by atoms with Crippen LogP contribution >= 0.6 is 0 Å². The normalized spacial score (nSPS) is 20.4. The largest absolute Gasteiger partial charge is 0.497 e. The van der Waals surface area contributed by atoms with E-state index in [1.54, 1.807) is 0 Å². The van der Waals surface area contributed by atoms with Crippen molar-refractivity contribution in [3.05, 3.63) is 12.3 Å². The molecule has 0 aromatic rings. The van der Waals surface area contributed by atoms with Gasteiger partial charge in [-0.3, -0.25) is 9.59 Å². The maximum absolute atomic E-state index is 11.0. The predicted octanol–water partition coefficient (Wildman–Crippen LogP) is 1.20. The van der Waals surface area contributed by atoms with Crippen LogP contribution < -0.4 is 0 Å². The number of esters is 1. The van der Waals surface area contributed by atoms with Crippen molar-refractivity contribution in [2.45, 2.75) is 31.8 Å². The number of carbonyl (C=O) groups is 2. The van der Waals surface area contributed by atoms with Gasteiger partial charge in [0.2, 0.25) is 0 Å². The first-order valence-corrected chi connectivity index (χ1v) is 4.64. The van der Waals surface area contributed by atoms with E-state index < -0.39 is 0 Å². The first-order valence-electron chi connectivity index (χ1n) is 4.64. The summed E-state index contributed by atoms with van der Waals surface area (Å²) in [5.41, 5.74) is 0. The van der Waals surface area contributed by atoms with Crippen molar-refractivity contribution in [1.29, 1.82) is 0 Å². The quantitative estimate of drug-likeness (QED) is 0.637. The summed E-state index contributed by atoms with van der Waals surface area (Å²) in [7, 11) is 1.37. The summed E-state index contributed by atoms with van der Waals surface area (Å²) in [6, 6.07) is 0. The molecule has 0 aromatic heterocycles.